The van der Waals surface area contributed by atoms with Gasteiger partial charge in [0.1, 0.15) is 0 Å². The van der Waals surface area contributed by atoms with Crippen LogP contribution in [0.25, 0.3) is 23.5 Å². The first-order chi connectivity index (χ1) is 9.92. The van der Waals surface area contributed by atoms with Crippen LogP contribution < -0.4 is 0 Å². The van der Waals surface area contributed by atoms with Gasteiger partial charge in [0.2, 0.25) is 5.82 Å². The third kappa shape index (κ3) is 2.92. The van der Waals surface area contributed by atoms with Gasteiger partial charge in [-0.3, -0.25) is 0 Å². The van der Waals surface area contributed by atoms with Crippen LogP contribution >= 0.6 is 0 Å². The Morgan fingerprint density at radius 2 is 1.20 bits per heavy atom. The maximum atomic E-state index is 4.09. The van der Waals surface area contributed by atoms with Gasteiger partial charge in [-0.25, -0.2) is 0 Å². The molecular weight excluding hydrogens is 248 g/mol. The Bertz CT molecular complexity index is 692. The third-order valence-electron chi connectivity index (χ3n) is 2.75. The molecule has 0 atom stereocenters. The molecule has 4 heteroatoms. The lowest BCUT2D eigenvalue weighted by molar-refractivity contribution is 0.851. The van der Waals surface area contributed by atoms with Crippen LogP contribution in [0.5, 0.6) is 0 Å². The second-order valence-corrected chi connectivity index (χ2v) is 4.19. The Morgan fingerprint density at radius 1 is 0.600 bits per heavy atom. The minimum absolute atomic E-state index is 0.494. The van der Waals surface area contributed by atoms with Gasteiger partial charge >= 0.3 is 0 Å². The maximum Gasteiger partial charge on any atom is 0.203 e. The Morgan fingerprint density at radius 3 is 1.85 bits per heavy atom. The lowest BCUT2D eigenvalue weighted by atomic mass is 10.2. The molecule has 0 aliphatic carbocycles. The number of rotatable bonds is 3. The van der Waals surface area contributed by atoms with Crippen molar-refractivity contribution in [3.8, 4) is 11.4 Å². The van der Waals surface area contributed by atoms with Crippen molar-refractivity contribution in [1.82, 2.24) is 20.4 Å². The molecule has 3 aromatic rings. The fourth-order valence-corrected chi connectivity index (χ4v) is 1.74. The van der Waals surface area contributed by atoms with E-state index in [2.05, 4.69) is 20.4 Å². The van der Waals surface area contributed by atoms with Crippen molar-refractivity contribution < 1.29 is 0 Å². The zero-order valence-corrected chi connectivity index (χ0v) is 10.7. The first-order valence-electron chi connectivity index (χ1n) is 6.28. The van der Waals surface area contributed by atoms with Crippen LogP contribution in [0.15, 0.2) is 60.7 Å². The summed E-state index contributed by atoms with van der Waals surface area (Å²) < 4.78 is 0. The van der Waals surface area contributed by atoms with Gasteiger partial charge in [-0.15, -0.1) is 20.4 Å². The van der Waals surface area contributed by atoms with Crippen LogP contribution in [0.1, 0.15) is 11.4 Å². The predicted molar refractivity (Wildman–Crippen MR) is 78.4 cm³/mol. The monoisotopic (exact) mass is 260 g/mol. The zero-order chi connectivity index (χ0) is 13.6. The van der Waals surface area contributed by atoms with E-state index in [-0.39, 0.29) is 0 Å². The van der Waals surface area contributed by atoms with E-state index < -0.39 is 0 Å². The van der Waals surface area contributed by atoms with Crippen molar-refractivity contribution in [2.24, 2.45) is 0 Å². The van der Waals surface area contributed by atoms with Gasteiger partial charge in [0, 0.05) is 5.56 Å². The molecule has 0 unspecified atom stereocenters. The molecule has 2 aromatic carbocycles. The van der Waals surface area contributed by atoms with Gasteiger partial charge in [0.25, 0.3) is 0 Å². The summed E-state index contributed by atoms with van der Waals surface area (Å²) in [6.45, 7) is 0. The van der Waals surface area contributed by atoms with Gasteiger partial charge in [0.15, 0.2) is 5.82 Å². The summed E-state index contributed by atoms with van der Waals surface area (Å²) in [7, 11) is 0. The van der Waals surface area contributed by atoms with Gasteiger partial charge < -0.3 is 0 Å². The number of hydrogen-bond donors (Lipinski definition) is 0. The molecule has 0 fully saturated rings. The highest BCUT2D eigenvalue weighted by molar-refractivity contribution is 5.66. The fraction of sp³-hybridized carbons (Fsp3) is 0. The van der Waals surface area contributed by atoms with Crippen LogP contribution in [-0.2, 0) is 0 Å². The normalized spacial score (nSPS) is 10.8. The van der Waals surface area contributed by atoms with E-state index in [0.29, 0.717) is 11.6 Å². The highest BCUT2D eigenvalue weighted by atomic mass is 15.3. The van der Waals surface area contributed by atoms with E-state index >= 15 is 0 Å². The number of benzene rings is 2. The predicted octanol–water partition coefficient (Wildman–Crippen LogP) is 3.10. The van der Waals surface area contributed by atoms with Crippen LogP contribution in [0.3, 0.4) is 0 Å². The van der Waals surface area contributed by atoms with Crippen molar-refractivity contribution in [3.05, 3.63) is 72.1 Å². The first kappa shape index (κ1) is 12.2. The molecule has 96 valence electrons. The minimum atomic E-state index is 0.494. The first-order valence-corrected chi connectivity index (χ1v) is 6.28. The van der Waals surface area contributed by atoms with E-state index in [1.165, 1.54) is 0 Å². The SMILES string of the molecule is C(=C\c1nnc(-c2ccccc2)nn1)/c1ccccc1. The van der Waals surface area contributed by atoms with Crippen LogP contribution in [0.4, 0.5) is 0 Å². The smallest absolute Gasteiger partial charge is 0.126 e. The Hall–Kier alpha value is -2.88. The quantitative estimate of drug-likeness (QED) is 0.726. The van der Waals surface area contributed by atoms with Gasteiger partial charge in [0.05, 0.1) is 0 Å². The highest BCUT2D eigenvalue weighted by Crippen LogP contribution is 2.11. The molecule has 20 heavy (non-hydrogen) atoms. The largest absolute Gasteiger partial charge is 0.203 e. The van der Waals surface area contributed by atoms with Crippen LogP contribution in [-0.4, -0.2) is 20.4 Å². The molecule has 0 saturated carbocycles. The molecule has 1 aromatic heterocycles. The Kier molecular flexibility index (Phi) is 3.55. The van der Waals surface area contributed by atoms with Gasteiger partial charge in [-0.1, -0.05) is 66.7 Å². The summed E-state index contributed by atoms with van der Waals surface area (Å²) in [5.74, 6) is 1.02. The molecule has 4 nitrogen and oxygen atoms in total. The molecule has 0 radical (unpaired) electrons. The summed E-state index contributed by atoms with van der Waals surface area (Å²) in [4.78, 5) is 0. The third-order valence-corrected chi connectivity index (χ3v) is 2.75. The molecule has 0 aliphatic heterocycles. The summed E-state index contributed by atoms with van der Waals surface area (Å²) in [5.41, 5.74) is 1.99. The number of aromatic nitrogens is 4. The second kappa shape index (κ2) is 5.84. The van der Waals surface area contributed by atoms with E-state index in [0.717, 1.165) is 11.1 Å². The molecule has 0 N–H and O–H groups in total. The van der Waals surface area contributed by atoms with Crippen LogP contribution in [0, 0.1) is 0 Å². The average Bonchev–Trinajstić information content (AvgIpc) is 2.55. The summed E-state index contributed by atoms with van der Waals surface area (Å²) in [5, 5.41) is 16.3. The lowest BCUT2D eigenvalue weighted by Gasteiger charge is -1.97. The fourth-order valence-electron chi connectivity index (χ4n) is 1.74. The van der Waals surface area contributed by atoms with Crippen LogP contribution in [0.2, 0.25) is 0 Å². The van der Waals surface area contributed by atoms with Crippen molar-refractivity contribution in [2.45, 2.75) is 0 Å². The van der Waals surface area contributed by atoms with Crippen molar-refractivity contribution in [3.63, 3.8) is 0 Å². The van der Waals surface area contributed by atoms with Crippen molar-refractivity contribution in [1.29, 1.82) is 0 Å². The summed E-state index contributed by atoms with van der Waals surface area (Å²) >= 11 is 0. The highest BCUT2D eigenvalue weighted by Gasteiger charge is 2.01. The molecule has 0 spiro atoms. The molecule has 3 rings (SSSR count). The molecular formula is C16H12N4. The minimum Gasteiger partial charge on any atom is -0.126 e. The second-order valence-electron chi connectivity index (χ2n) is 4.19. The van der Waals surface area contributed by atoms with Gasteiger partial charge in [-0.2, -0.15) is 0 Å². The Balaban J connectivity index is 1.79. The zero-order valence-electron chi connectivity index (χ0n) is 10.7. The average molecular weight is 260 g/mol. The topological polar surface area (TPSA) is 51.6 Å². The van der Waals surface area contributed by atoms with Crippen molar-refractivity contribution in [2.75, 3.05) is 0 Å². The number of nitrogens with zero attached hydrogens (tertiary/aromatic N) is 4. The molecule has 0 aliphatic rings. The standard InChI is InChI=1S/C16H12N4/c1-3-7-13(8-4-1)11-12-15-17-19-16(20-18-15)14-9-5-2-6-10-14/h1-12H/b12-11+. The summed E-state index contributed by atoms with van der Waals surface area (Å²) in [6.07, 6.45) is 3.73. The van der Waals surface area contributed by atoms with Crippen molar-refractivity contribution >= 4 is 12.2 Å². The molecule has 1 heterocycles. The number of hydrogen-bond acceptors (Lipinski definition) is 4. The van der Waals surface area contributed by atoms with E-state index in [1.54, 1.807) is 6.08 Å². The maximum absolute atomic E-state index is 4.09. The molecule has 0 amide bonds. The lowest BCUT2D eigenvalue weighted by Crippen LogP contribution is -1.98. The molecule has 0 bridgehead atoms. The van der Waals surface area contributed by atoms with Gasteiger partial charge in [-0.05, 0) is 11.6 Å². The van der Waals surface area contributed by atoms with E-state index in [4.69, 9.17) is 0 Å². The Labute approximate surface area is 116 Å². The molecule has 0 saturated heterocycles. The van der Waals surface area contributed by atoms with E-state index in [1.807, 2.05) is 66.7 Å². The summed E-state index contributed by atoms with van der Waals surface area (Å²) in [6, 6.07) is 19.6. The van der Waals surface area contributed by atoms with E-state index in [9.17, 15) is 0 Å².